The zero-order chi connectivity index (χ0) is 13.3. The molecule has 98 valence electrons. The van der Waals surface area contributed by atoms with Crippen molar-refractivity contribution in [1.29, 1.82) is 0 Å². The summed E-state index contributed by atoms with van der Waals surface area (Å²) in [5, 5.41) is -0.390. The highest BCUT2D eigenvalue weighted by Gasteiger charge is 2.35. The van der Waals surface area contributed by atoms with Gasteiger partial charge in [0.25, 0.3) is 0 Å². The van der Waals surface area contributed by atoms with Crippen molar-refractivity contribution in [1.82, 2.24) is 0 Å². The van der Waals surface area contributed by atoms with Crippen LogP contribution in [0.15, 0.2) is 18.2 Å². The lowest BCUT2D eigenvalue weighted by molar-refractivity contribution is 0.0981. The summed E-state index contributed by atoms with van der Waals surface area (Å²) in [6, 6.07) is 4.95. The number of carbonyl (C=O) groups is 1. The summed E-state index contributed by atoms with van der Waals surface area (Å²) < 4.78 is 23.8. The summed E-state index contributed by atoms with van der Waals surface area (Å²) in [7, 11) is -3.29. The number of benzene rings is 1. The molecule has 1 unspecified atom stereocenters. The fourth-order valence-electron chi connectivity index (χ4n) is 2.18. The maximum atomic E-state index is 12.2. The third-order valence-electron chi connectivity index (χ3n) is 3.33. The molecule has 0 amide bonds. The predicted molar refractivity (Wildman–Crippen MR) is 71.9 cm³/mol. The van der Waals surface area contributed by atoms with Crippen molar-refractivity contribution in [2.45, 2.75) is 31.4 Å². The van der Waals surface area contributed by atoms with E-state index in [1.54, 1.807) is 18.2 Å². The van der Waals surface area contributed by atoms with Crippen molar-refractivity contribution in [3.05, 3.63) is 34.3 Å². The van der Waals surface area contributed by atoms with Crippen molar-refractivity contribution in [3.8, 4) is 0 Å². The van der Waals surface area contributed by atoms with Crippen molar-refractivity contribution in [3.63, 3.8) is 0 Å². The first kappa shape index (κ1) is 13.6. The van der Waals surface area contributed by atoms with Gasteiger partial charge >= 0.3 is 0 Å². The van der Waals surface area contributed by atoms with Crippen LogP contribution >= 0.6 is 11.6 Å². The zero-order valence-electron chi connectivity index (χ0n) is 10.1. The Morgan fingerprint density at radius 3 is 2.67 bits per heavy atom. The van der Waals surface area contributed by atoms with Crippen LogP contribution in [-0.2, 0) is 9.84 Å². The third-order valence-corrected chi connectivity index (χ3v) is 5.91. The van der Waals surface area contributed by atoms with Crippen molar-refractivity contribution >= 4 is 27.2 Å². The first-order valence-electron chi connectivity index (χ1n) is 5.94. The Labute approximate surface area is 112 Å². The molecule has 0 spiro atoms. The number of hydrogen-bond donors (Lipinski definition) is 0. The molecule has 0 N–H and O–H groups in total. The fourth-order valence-corrected chi connectivity index (χ4v) is 4.24. The van der Waals surface area contributed by atoms with E-state index in [4.69, 9.17) is 11.6 Å². The molecule has 1 aliphatic heterocycles. The number of Topliss-reactive ketones (excluding diaryl/α,β-unsaturated/α-hetero) is 1. The molecule has 3 nitrogen and oxygen atoms in total. The van der Waals surface area contributed by atoms with Crippen molar-refractivity contribution < 1.29 is 13.2 Å². The second kappa shape index (κ2) is 5.02. The van der Waals surface area contributed by atoms with E-state index in [9.17, 15) is 13.2 Å². The molecule has 1 aromatic carbocycles. The van der Waals surface area contributed by atoms with Gasteiger partial charge in [0.15, 0.2) is 15.6 Å². The monoisotopic (exact) mass is 286 g/mol. The topological polar surface area (TPSA) is 51.2 Å². The maximum absolute atomic E-state index is 12.2. The number of rotatable bonds is 2. The van der Waals surface area contributed by atoms with E-state index in [0.29, 0.717) is 23.4 Å². The summed E-state index contributed by atoms with van der Waals surface area (Å²) in [4.78, 5) is 12.2. The molecule has 0 aromatic heterocycles. The summed E-state index contributed by atoms with van der Waals surface area (Å²) in [6.07, 6.45) is 1.86. The predicted octanol–water partition coefficient (Wildman–Crippen LogP) is 2.80. The van der Waals surface area contributed by atoms with Gasteiger partial charge in [-0.25, -0.2) is 8.42 Å². The normalized spacial score (nSPS) is 22.7. The summed E-state index contributed by atoms with van der Waals surface area (Å²) in [6.45, 7) is 1.84. The van der Waals surface area contributed by atoms with Gasteiger partial charge in [-0.05, 0) is 31.4 Å². The molecule has 1 saturated heterocycles. The highest BCUT2D eigenvalue weighted by Crippen LogP contribution is 2.25. The van der Waals surface area contributed by atoms with Gasteiger partial charge in [-0.1, -0.05) is 30.2 Å². The van der Waals surface area contributed by atoms with Crippen molar-refractivity contribution in [2.75, 3.05) is 5.75 Å². The zero-order valence-corrected chi connectivity index (χ0v) is 11.7. The molecule has 1 atom stereocenters. The lowest BCUT2D eigenvalue weighted by Crippen LogP contribution is -2.35. The summed E-state index contributed by atoms with van der Waals surface area (Å²) in [5.74, 6) is -0.209. The summed E-state index contributed by atoms with van der Waals surface area (Å²) >= 11 is 5.97. The number of aryl methyl sites for hydroxylation is 1. The van der Waals surface area contributed by atoms with Crippen LogP contribution in [0, 0.1) is 6.92 Å². The Hall–Kier alpha value is -0.870. The molecule has 0 radical (unpaired) electrons. The molecule has 0 aliphatic carbocycles. The van der Waals surface area contributed by atoms with Gasteiger partial charge in [-0.2, -0.15) is 0 Å². The molecule has 1 aromatic rings. The van der Waals surface area contributed by atoms with Crippen molar-refractivity contribution in [2.24, 2.45) is 0 Å². The van der Waals surface area contributed by atoms with Gasteiger partial charge < -0.3 is 0 Å². The van der Waals surface area contributed by atoms with Gasteiger partial charge in [-0.15, -0.1) is 0 Å². The van der Waals surface area contributed by atoms with E-state index in [1.807, 2.05) is 6.92 Å². The van der Waals surface area contributed by atoms with E-state index in [-0.39, 0.29) is 11.5 Å². The average Bonchev–Trinajstić information content (AvgIpc) is 2.31. The van der Waals surface area contributed by atoms with Crippen LogP contribution in [0.2, 0.25) is 5.02 Å². The van der Waals surface area contributed by atoms with Crippen LogP contribution < -0.4 is 0 Å². The average molecular weight is 287 g/mol. The van der Waals surface area contributed by atoms with Gasteiger partial charge in [0.1, 0.15) is 5.25 Å². The highest BCUT2D eigenvalue weighted by atomic mass is 35.5. The summed E-state index contributed by atoms with van der Waals surface area (Å²) in [5.41, 5.74) is 1.26. The lowest BCUT2D eigenvalue weighted by atomic mass is 10.0. The SMILES string of the molecule is Cc1ccc(C(=O)C2CCCCS2(=O)=O)cc1Cl. The number of carbonyl (C=O) groups excluding carboxylic acids is 1. The molecule has 18 heavy (non-hydrogen) atoms. The van der Waals surface area contributed by atoms with Crippen LogP contribution in [0.25, 0.3) is 0 Å². The van der Waals surface area contributed by atoms with E-state index < -0.39 is 15.1 Å². The van der Waals surface area contributed by atoms with E-state index in [1.165, 1.54) is 0 Å². The standard InChI is InChI=1S/C13H15ClO3S/c1-9-5-6-10(8-11(9)14)13(15)12-4-2-3-7-18(12,16)17/h5-6,8,12H,2-4,7H2,1H3. The minimum atomic E-state index is -3.29. The second-order valence-corrected chi connectivity index (χ2v) is 7.39. The highest BCUT2D eigenvalue weighted by molar-refractivity contribution is 7.92. The Morgan fingerprint density at radius 1 is 1.33 bits per heavy atom. The quantitative estimate of drug-likeness (QED) is 0.786. The molecule has 1 heterocycles. The van der Waals surface area contributed by atoms with Gasteiger partial charge in [-0.3, -0.25) is 4.79 Å². The van der Waals surface area contributed by atoms with Gasteiger partial charge in [0.2, 0.25) is 0 Å². The number of sulfone groups is 1. The second-order valence-electron chi connectivity index (χ2n) is 4.68. The smallest absolute Gasteiger partial charge is 0.181 e. The number of ketones is 1. The van der Waals surface area contributed by atoms with Crippen LogP contribution in [0.3, 0.4) is 0 Å². The Bertz CT molecular complexity index is 578. The number of halogens is 1. The van der Waals surface area contributed by atoms with Crippen LogP contribution in [0.1, 0.15) is 35.2 Å². The lowest BCUT2D eigenvalue weighted by Gasteiger charge is -2.21. The van der Waals surface area contributed by atoms with Crippen LogP contribution in [0.5, 0.6) is 0 Å². The molecular weight excluding hydrogens is 272 g/mol. The minimum Gasteiger partial charge on any atom is -0.293 e. The number of hydrogen-bond acceptors (Lipinski definition) is 3. The van der Waals surface area contributed by atoms with E-state index in [2.05, 4.69) is 0 Å². The molecule has 0 saturated carbocycles. The van der Waals surface area contributed by atoms with Crippen LogP contribution in [-0.4, -0.2) is 25.2 Å². The Kier molecular flexibility index (Phi) is 3.78. The molecule has 1 fully saturated rings. The maximum Gasteiger partial charge on any atom is 0.181 e. The third kappa shape index (κ3) is 2.59. The first-order valence-corrected chi connectivity index (χ1v) is 8.03. The molecule has 0 bridgehead atoms. The molecule has 1 aliphatic rings. The van der Waals surface area contributed by atoms with Gasteiger partial charge in [0, 0.05) is 10.6 Å². The Balaban J connectivity index is 2.33. The van der Waals surface area contributed by atoms with Gasteiger partial charge in [0.05, 0.1) is 5.75 Å². The molecule has 5 heteroatoms. The largest absolute Gasteiger partial charge is 0.293 e. The molecule has 2 rings (SSSR count). The van der Waals surface area contributed by atoms with E-state index in [0.717, 1.165) is 12.0 Å². The van der Waals surface area contributed by atoms with E-state index >= 15 is 0 Å². The fraction of sp³-hybridized carbons (Fsp3) is 0.462. The molecular formula is C13H15ClO3S. The minimum absolute atomic E-state index is 0.114. The first-order chi connectivity index (χ1) is 8.42. The Morgan fingerprint density at radius 2 is 2.06 bits per heavy atom. The van der Waals surface area contributed by atoms with Crippen LogP contribution in [0.4, 0.5) is 0 Å².